The van der Waals surface area contributed by atoms with E-state index in [4.69, 9.17) is 12.2 Å². The van der Waals surface area contributed by atoms with Gasteiger partial charge in [0.25, 0.3) is 11.8 Å². The van der Waals surface area contributed by atoms with Crippen LogP contribution >= 0.6 is 12.2 Å². The number of pyridine rings is 1. The molecule has 2 rings (SSSR count). The number of carbonyl (C=O) groups excluding carboxylic acids is 2. The molecule has 0 aliphatic carbocycles. The third kappa shape index (κ3) is 4.58. The molecule has 7 heteroatoms. The summed E-state index contributed by atoms with van der Waals surface area (Å²) in [6, 6.07) is 8.63. The van der Waals surface area contributed by atoms with Gasteiger partial charge in [-0.1, -0.05) is 17.7 Å². The van der Waals surface area contributed by atoms with Crippen molar-refractivity contribution in [3.63, 3.8) is 0 Å². The predicted octanol–water partition coefficient (Wildman–Crippen LogP) is 1.65. The maximum atomic E-state index is 12.1. The summed E-state index contributed by atoms with van der Waals surface area (Å²) in [5.41, 5.74) is 7.78. The summed E-state index contributed by atoms with van der Waals surface area (Å²) in [7, 11) is 0. The number of nitrogens with zero attached hydrogens (tertiary/aromatic N) is 1. The Labute approximate surface area is 139 Å². The monoisotopic (exact) mass is 328 g/mol. The molecule has 3 N–H and O–H groups in total. The van der Waals surface area contributed by atoms with Gasteiger partial charge >= 0.3 is 0 Å². The second-order valence-electron chi connectivity index (χ2n) is 4.92. The molecule has 0 atom stereocenters. The Morgan fingerprint density at radius 2 is 1.70 bits per heavy atom. The van der Waals surface area contributed by atoms with E-state index in [2.05, 4.69) is 21.2 Å². The summed E-state index contributed by atoms with van der Waals surface area (Å²) in [6.45, 7) is 3.80. The third-order valence-electron chi connectivity index (χ3n) is 3.09. The van der Waals surface area contributed by atoms with Gasteiger partial charge in [0.15, 0.2) is 5.11 Å². The first-order chi connectivity index (χ1) is 11.0. The summed E-state index contributed by atoms with van der Waals surface area (Å²) in [6.07, 6.45) is 3.02. The first-order valence-electron chi connectivity index (χ1n) is 6.86. The molecule has 1 aromatic carbocycles. The average molecular weight is 328 g/mol. The number of hydrogen-bond acceptors (Lipinski definition) is 4. The van der Waals surface area contributed by atoms with Crippen molar-refractivity contribution in [1.29, 1.82) is 0 Å². The highest BCUT2D eigenvalue weighted by Crippen LogP contribution is 2.10. The normalized spacial score (nSPS) is 9.83. The highest BCUT2D eigenvalue weighted by Gasteiger charge is 2.11. The maximum absolute atomic E-state index is 12.1. The summed E-state index contributed by atoms with van der Waals surface area (Å²) in [4.78, 5) is 27.8. The van der Waals surface area contributed by atoms with Crippen LogP contribution in [-0.4, -0.2) is 21.9 Å². The van der Waals surface area contributed by atoms with Crippen molar-refractivity contribution in [1.82, 2.24) is 21.2 Å². The number of hydrogen-bond donors (Lipinski definition) is 3. The van der Waals surface area contributed by atoms with E-state index in [0.717, 1.165) is 11.1 Å². The third-order valence-corrected chi connectivity index (χ3v) is 3.29. The minimum Gasteiger partial charge on any atom is -0.298 e. The standard InChI is InChI=1S/C16H16N4O2S/c1-10-3-4-13(11(2)9-10)15(22)18-16(23)20-19-14(21)12-5-7-17-8-6-12/h3-9H,1-2H3,(H,19,21)(H2,18,20,22,23). The molecule has 0 bridgehead atoms. The van der Waals surface area contributed by atoms with Crippen molar-refractivity contribution in [2.24, 2.45) is 0 Å². The van der Waals surface area contributed by atoms with Crippen LogP contribution in [-0.2, 0) is 0 Å². The molecule has 0 saturated heterocycles. The van der Waals surface area contributed by atoms with E-state index in [1.807, 2.05) is 26.0 Å². The second-order valence-corrected chi connectivity index (χ2v) is 5.32. The summed E-state index contributed by atoms with van der Waals surface area (Å²) < 4.78 is 0. The lowest BCUT2D eigenvalue weighted by Crippen LogP contribution is -2.48. The first kappa shape index (κ1) is 16.6. The van der Waals surface area contributed by atoms with Gasteiger partial charge in [-0.3, -0.25) is 30.7 Å². The van der Waals surface area contributed by atoms with Gasteiger partial charge in [-0.25, -0.2) is 0 Å². The number of rotatable bonds is 2. The number of aromatic nitrogens is 1. The van der Waals surface area contributed by atoms with Gasteiger partial charge in [-0.15, -0.1) is 0 Å². The number of thiocarbonyl (C=S) groups is 1. The number of aryl methyl sites for hydroxylation is 2. The Hall–Kier alpha value is -2.80. The van der Waals surface area contributed by atoms with Gasteiger partial charge in [0.1, 0.15) is 0 Å². The summed E-state index contributed by atoms with van der Waals surface area (Å²) in [5, 5.41) is 2.53. The van der Waals surface area contributed by atoms with E-state index in [0.29, 0.717) is 11.1 Å². The van der Waals surface area contributed by atoms with Gasteiger partial charge in [-0.05, 0) is 49.8 Å². The van der Waals surface area contributed by atoms with E-state index in [9.17, 15) is 9.59 Å². The minimum atomic E-state index is -0.379. The maximum Gasteiger partial charge on any atom is 0.269 e. The van der Waals surface area contributed by atoms with Crippen LogP contribution in [0.1, 0.15) is 31.8 Å². The molecule has 0 spiro atoms. The zero-order chi connectivity index (χ0) is 16.8. The lowest BCUT2D eigenvalue weighted by molar-refractivity contribution is 0.0934. The molecule has 0 aliphatic heterocycles. The number of hydrazine groups is 1. The van der Waals surface area contributed by atoms with Crippen molar-refractivity contribution in [2.45, 2.75) is 13.8 Å². The number of benzene rings is 1. The van der Waals surface area contributed by atoms with E-state index < -0.39 is 0 Å². The SMILES string of the molecule is Cc1ccc(C(=O)NC(=S)NNC(=O)c2ccncc2)c(C)c1. The molecule has 0 fully saturated rings. The zero-order valence-corrected chi connectivity index (χ0v) is 13.5. The van der Waals surface area contributed by atoms with Crippen LogP contribution in [0, 0.1) is 13.8 Å². The molecule has 2 amide bonds. The smallest absolute Gasteiger partial charge is 0.269 e. The average Bonchev–Trinajstić information content (AvgIpc) is 2.53. The molecule has 118 valence electrons. The molecular formula is C16H16N4O2S. The molecule has 6 nitrogen and oxygen atoms in total. The molecule has 0 unspecified atom stereocenters. The van der Waals surface area contributed by atoms with Crippen LogP contribution in [0.2, 0.25) is 0 Å². The van der Waals surface area contributed by atoms with Gasteiger partial charge in [-0.2, -0.15) is 0 Å². The van der Waals surface area contributed by atoms with Crippen LogP contribution in [0.15, 0.2) is 42.7 Å². The fourth-order valence-corrected chi connectivity index (χ4v) is 2.10. The first-order valence-corrected chi connectivity index (χ1v) is 7.27. The van der Waals surface area contributed by atoms with E-state index in [1.54, 1.807) is 18.2 Å². The Balaban J connectivity index is 1.89. The fraction of sp³-hybridized carbons (Fsp3) is 0.125. The van der Waals surface area contributed by atoms with E-state index in [-0.39, 0.29) is 16.9 Å². The van der Waals surface area contributed by atoms with Gasteiger partial charge in [0.05, 0.1) is 0 Å². The van der Waals surface area contributed by atoms with E-state index in [1.165, 1.54) is 12.4 Å². The highest BCUT2D eigenvalue weighted by atomic mass is 32.1. The molecule has 1 aromatic heterocycles. The molecule has 2 aromatic rings. The molecule has 0 aliphatic rings. The Kier molecular flexibility index (Phi) is 5.37. The quantitative estimate of drug-likeness (QED) is 0.577. The number of amides is 2. The largest absolute Gasteiger partial charge is 0.298 e. The molecule has 0 radical (unpaired) electrons. The Morgan fingerprint density at radius 1 is 1.00 bits per heavy atom. The Bertz CT molecular complexity index is 747. The molecular weight excluding hydrogens is 312 g/mol. The van der Waals surface area contributed by atoms with Crippen molar-refractivity contribution >= 4 is 29.1 Å². The van der Waals surface area contributed by atoms with Gasteiger partial charge in [0.2, 0.25) is 0 Å². The number of nitrogens with one attached hydrogen (secondary N) is 3. The summed E-state index contributed by atoms with van der Waals surface area (Å²) >= 11 is 5.00. The van der Waals surface area contributed by atoms with Crippen LogP contribution in [0.5, 0.6) is 0 Å². The summed E-state index contributed by atoms with van der Waals surface area (Å²) in [5.74, 6) is -0.714. The lowest BCUT2D eigenvalue weighted by atomic mass is 10.1. The fourth-order valence-electron chi connectivity index (χ4n) is 1.96. The van der Waals surface area contributed by atoms with E-state index >= 15 is 0 Å². The highest BCUT2D eigenvalue weighted by molar-refractivity contribution is 7.80. The van der Waals surface area contributed by atoms with Gasteiger partial charge in [0, 0.05) is 23.5 Å². The molecule has 0 saturated carbocycles. The molecule has 23 heavy (non-hydrogen) atoms. The second kappa shape index (κ2) is 7.46. The zero-order valence-electron chi connectivity index (χ0n) is 12.7. The van der Waals surface area contributed by atoms with Crippen LogP contribution in [0.3, 0.4) is 0 Å². The number of carbonyl (C=O) groups is 2. The van der Waals surface area contributed by atoms with Crippen molar-refractivity contribution in [2.75, 3.05) is 0 Å². The van der Waals surface area contributed by atoms with Crippen molar-refractivity contribution in [3.05, 3.63) is 65.0 Å². The minimum absolute atomic E-state index is 0.0115. The van der Waals surface area contributed by atoms with Crippen LogP contribution in [0.4, 0.5) is 0 Å². The van der Waals surface area contributed by atoms with Crippen molar-refractivity contribution in [3.8, 4) is 0 Å². The van der Waals surface area contributed by atoms with Crippen LogP contribution < -0.4 is 16.2 Å². The predicted molar refractivity (Wildman–Crippen MR) is 90.8 cm³/mol. The van der Waals surface area contributed by atoms with Crippen molar-refractivity contribution < 1.29 is 9.59 Å². The topological polar surface area (TPSA) is 83.1 Å². The van der Waals surface area contributed by atoms with Gasteiger partial charge < -0.3 is 0 Å². The van der Waals surface area contributed by atoms with Crippen LogP contribution in [0.25, 0.3) is 0 Å². The lowest BCUT2D eigenvalue weighted by Gasteiger charge is -2.12. The Morgan fingerprint density at radius 3 is 2.35 bits per heavy atom. The molecule has 1 heterocycles.